The van der Waals surface area contributed by atoms with Gasteiger partial charge in [-0.3, -0.25) is 0 Å². The van der Waals surface area contributed by atoms with Gasteiger partial charge in [-0.1, -0.05) is 182 Å². The molecule has 8 aromatic carbocycles. The summed E-state index contributed by atoms with van der Waals surface area (Å²) in [5, 5.41) is 3.19. The van der Waals surface area contributed by atoms with Gasteiger partial charge in [-0.2, -0.15) is 0 Å². The summed E-state index contributed by atoms with van der Waals surface area (Å²) in [5.74, 6) is 1.87. The van der Waals surface area contributed by atoms with E-state index in [1.165, 1.54) is 5.56 Å². The minimum Gasteiger partial charge on any atom is -0.454 e. The molecule has 0 saturated carbocycles. The average molecular weight is 755 g/mol. The van der Waals surface area contributed by atoms with Crippen LogP contribution in [-0.2, 0) is 0 Å². The molecule has 0 radical (unpaired) electrons. The molecule has 11 aromatic rings. The number of fused-ring (bicyclic) bond motifs is 5. The Bertz CT molecular complexity index is 3270. The molecular formula is C54H34N4O. The third-order valence-corrected chi connectivity index (χ3v) is 10.9. The van der Waals surface area contributed by atoms with Crippen LogP contribution in [0, 0.1) is 0 Å². The zero-order chi connectivity index (χ0) is 39.1. The van der Waals surface area contributed by atoms with Gasteiger partial charge >= 0.3 is 0 Å². The molecule has 5 heteroatoms. The molecule has 0 aliphatic rings. The van der Waals surface area contributed by atoms with E-state index in [0.717, 1.165) is 88.6 Å². The number of nitrogens with zero attached hydrogens (tertiary/aromatic N) is 4. The zero-order valence-corrected chi connectivity index (χ0v) is 31.8. The Balaban J connectivity index is 1.06. The van der Waals surface area contributed by atoms with E-state index in [1.807, 2.05) is 78.9 Å². The SMILES string of the molecule is c1ccc(-c2cccc(-c3cccc4c3nc(-c3cccc(-c5cccc(-c6nc(-c7ccccc7)nc(-c7ccccc7)n6)c5)c3)c3oc5ccccc5c34)c2)cc1. The molecule has 0 bridgehead atoms. The van der Waals surface area contributed by atoms with Crippen molar-refractivity contribution in [1.29, 1.82) is 0 Å². The summed E-state index contributed by atoms with van der Waals surface area (Å²) in [5.41, 5.74) is 13.7. The van der Waals surface area contributed by atoms with Crippen molar-refractivity contribution in [3.05, 3.63) is 206 Å². The van der Waals surface area contributed by atoms with E-state index < -0.39 is 0 Å². The third-order valence-electron chi connectivity index (χ3n) is 10.9. The van der Waals surface area contributed by atoms with Crippen LogP contribution in [0.25, 0.3) is 112 Å². The van der Waals surface area contributed by atoms with Crippen LogP contribution in [0.2, 0.25) is 0 Å². The molecule has 11 rings (SSSR count). The van der Waals surface area contributed by atoms with Crippen LogP contribution in [0.5, 0.6) is 0 Å². The van der Waals surface area contributed by atoms with E-state index in [0.29, 0.717) is 17.5 Å². The Hall–Kier alpha value is -8.02. The molecule has 3 aromatic heterocycles. The molecule has 0 aliphatic heterocycles. The highest BCUT2D eigenvalue weighted by Gasteiger charge is 2.20. The van der Waals surface area contributed by atoms with E-state index in [1.54, 1.807) is 0 Å². The van der Waals surface area contributed by atoms with Gasteiger partial charge in [0.2, 0.25) is 0 Å². The van der Waals surface area contributed by atoms with Gasteiger partial charge in [0.05, 0.1) is 5.52 Å². The number of hydrogen-bond donors (Lipinski definition) is 0. The monoisotopic (exact) mass is 754 g/mol. The Morgan fingerprint density at radius 1 is 0.305 bits per heavy atom. The van der Waals surface area contributed by atoms with Gasteiger partial charge in [-0.25, -0.2) is 19.9 Å². The van der Waals surface area contributed by atoms with Crippen molar-refractivity contribution in [3.63, 3.8) is 0 Å². The second-order valence-electron chi connectivity index (χ2n) is 14.6. The van der Waals surface area contributed by atoms with Gasteiger partial charge in [-0.15, -0.1) is 0 Å². The number of pyridine rings is 1. The standard InChI is InChI=1S/C54H34N4O/c1-4-16-35(17-5-1)38-22-12-25-41(32-38)44-29-15-30-46-48-45-28-10-11-31-47(45)59-51(48)49(55-50(44)46)42-26-13-23-39(33-42)40-24-14-27-43(34-40)54-57-52(36-18-6-2-7-19-36)56-53(58-54)37-20-8-3-9-21-37/h1-34H. The van der Waals surface area contributed by atoms with E-state index in [4.69, 9.17) is 24.4 Å². The summed E-state index contributed by atoms with van der Waals surface area (Å²) in [7, 11) is 0. The van der Waals surface area contributed by atoms with Crippen molar-refractivity contribution in [2.24, 2.45) is 0 Å². The molecule has 0 N–H and O–H groups in total. The largest absolute Gasteiger partial charge is 0.454 e. The van der Waals surface area contributed by atoms with E-state index in [2.05, 4.69) is 127 Å². The maximum absolute atomic E-state index is 6.70. The molecular weight excluding hydrogens is 721 g/mol. The molecule has 0 unspecified atom stereocenters. The van der Waals surface area contributed by atoms with Gasteiger partial charge in [0, 0.05) is 44.0 Å². The normalized spacial score (nSPS) is 11.4. The first-order chi connectivity index (χ1) is 29.2. The molecule has 0 aliphatic carbocycles. The molecule has 59 heavy (non-hydrogen) atoms. The van der Waals surface area contributed by atoms with E-state index >= 15 is 0 Å². The lowest BCUT2D eigenvalue weighted by atomic mass is 9.94. The van der Waals surface area contributed by atoms with Gasteiger partial charge in [0.1, 0.15) is 11.3 Å². The molecule has 3 heterocycles. The average Bonchev–Trinajstić information content (AvgIpc) is 3.72. The first-order valence-corrected chi connectivity index (χ1v) is 19.7. The summed E-state index contributed by atoms with van der Waals surface area (Å²) in [6, 6.07) is 71.0. The molecule has 5 nitrogen and oxygen atoms in total. The Kier molecular flexibility index (Phi) is 8.41. The molecule has 0 fully saturated rings. The van der Waals surface area contributed by atoms with Crippen LogP contribution in [0.4, 0.5) is 0 Å². The second-order valence-corrected chi connectivity index (χ2v) is 14.6. The van der Waals surface area contributed by atoms with Crippen LogP contribution in [-0.4, -0.2) is 19.9 Å². The third kappa shape index (κ3) is 6.32. The highest BCUT2D eigenvalue weighted by Crippen LogP contribution is 2.43. The van der Waals surface area contributed by atoms with Crippen molar-refractivity contribution in [2.45, 2.75) is 0 Å². The summed E-state index contributed by atoms with van der Waals surface area (Å²) in [4.78, 5) is 20.4. The first-order valence-electron chi connectivity index (χ1n) is 19.7. The highest BCUT2D eigenvalue weighted by atomic mass is 16.3. The number of benzene rings is 8. The van der Waals surface area contributed by atoms with Gasteiger partial charge in [0.15, 0.2) is 23.1 Å². The van der Waals surface area contributed by atoms with Gasteiger partial charge in [0.25, 0.3) is 0 Å². The van der Waals surface area contributed by atoms with Crippen LogP contribution < -0.4 is 0 Å². The fraction of sp³-hybridized carbons (Fsp3) is 0. The molecule has 0 saturated heterocycles. The molecule has 0 spiro atoms. The van der Waals surface area contributed by atoms with Crippen molar-refractivity contribution in [1.82, 2.24) is 19.9 Å². The summed E-state index contributed by atoms with van der Waals surface area (Å²) in [6.07, 6.45) is 0. The quantitative estimate of drug-likeness (QED) is 0.162. The fourth-order valence-electron chi connectivity index (χ4n) is 8.05. The summed E-state index contributed by atoms with van der Waals surface area (Å²) in [6.45, 7) is 0. The summed E-state index contributed by atoms with van der Waals surface area (Å²) < 4.78 is 6.70. The van der Waals surface area contributed by atoms with E-state index in [9.17, 15) is 0 Å². The van der Waals surface area contributed by atoms with Crippen LogP contribution in [0.15, 0.2) is 211 Å². The number of aromatic nitrogens is 4. The number of furan rings is 1. The van der Waals surface area contributed by atoms with Gasteiger partial charge in [-0.05, 0) is 52.1 Å². The minimum absolute atomic E-state index is 0.611. The maximum atomic E-state index is 6.70. The lowest BCUT2D eigenvalue weighted by molar-refractivity contribution is 0.669. The number of hydrogen-bond acceptors (Lipinski definition) is 5. The maximum Gasteiger partial charge on any atom is 0.164 e. The predicted octanol–water partition coefficient (Wildman–Crippen LogP) is 14.0. The van der Waals surface area contributed by atoms with E-state index in [-0.39, 0.29) is 0 Å². The number of rotatable bonds is 7. The van der Waals surface area contributed by atoms with Crippen molar-refractivity contribution >= 4 is 32.8 Å². The Labute approximate surface area is 341 Å². The van der Waals surface area contributed by atoms with Crippen molar-refractivity contribution < 1.29 is 4.42 Å². The zero-order valence-electron chi connectivity index (χ0n) is 31.8. The predicted molar refractivity (Wildman–Crippen MR) is 240 cm³/mol. The van der Waals surface area contributed by atoms with Crippen LogP contribution in [0.3, 0.4) is 0 Å². The Morgan fingerprint density at radius 2 is 0.746 bits per heavy atom. The lowest BCUT2D eigenvalue weighted by Crippen LogP contribution is -2.00. The van der Waals surface area contributed by atoms with Crippen LogP contribution in [0.1, 0.15) is 0 Å². The van der Waals surface area contributed by atoms with Crippen molar-refractivity contribution in [3.8, 4) is 78.8 Å². The van der Waals surface area contributed by atoms with Crippen LogP contribution >= 0.6 is 0 Å². The van der Waals surface area contributed by atoms with Gasteiger partial charge < -0.3 is 4.42 Å². The minimum atomic E-state index is 0.611. The van der Waals surface area contributed by atoms with Crippen molar-refractivity contribution in [2.75, 3.05) is 0 Å². The first kappa shape index (κ1) is 34.2. The highest BCUT2D eigenvalue weighted by molar-refractivity contribution is 6.22. The second kappa shape index (κ2) is 14.5. The smallest absolute Gasteiger partial charge is 0.164 e. The Morgan fingerprint density at radius 3 is 1.41 bits per heavy atom. The fourth-order valence-corrected chi connectivity index (χ4v) is 8.05. The summed E-state index contributed by atoms with van der Waals surface area (Å²) >= 11 is 0. The molecule has 0 atom stereocenters. The molecule has 276 valence electrons. The lowest BCUT2D eigenvalue weighted by Gasteiger charge is -2.13. The molecule has 0 amide bonds. The number of para-hydroxylation sites is 2. The topological polar surface area (TPSA) is 64.7 Å².